The molecule has 0 amide bonds. The van der Waals surface area contributed by atoms with Crippen molar-refractivity contribution in [2.24, 2.45) is 0 Å². The molecule has 2 aliphatic heterocycles. The number of halogens is 1. The Hall–Kier alpha value is -2.41. The summed E-state index contributed by atoms with van der Waals surface area (Å²) < 4.78 is 14.1. The molecule has 1 aromatic heterocycles. The van der Waals surface area contributed by atoms with Gasteiger partial charge in [-0.15, -0.1) is 0 Å². The molecule has 2 aromatic rings. The quantitative estimate of drug-likeness (QED) is 0.806. The molecule has 28 heavy (non-hydrogen) atoms. The van der Waals surface area contributed by atoms with E-state index < -0.39 is 0 Å². The van der Waals surface area contributed by atoms with E-state index in [4.69, 9.17) is 4.98 Å². The maximum Gasteiger partial charge on any atom is 0.227 e. The summed E-state index contributed by atoms with van der Waals surface area (Å²) in [7, 11) is 0. The van der Waals surface area contributed by atoms with Gasteiger partial charge in [0.15, 0.2) is 0 Å². The second kappa shape index (κ2) is 8.31. The first-order chi connectivity index (χ1) is 13.6. The largest absolute Gasteiger partial charge is 0.366 e. The molecule has 2 fully saturated rings. The van der Waals surface area contributed by atoms with Crippen LogP contribution in [0.3, 0.4) is 0 Å². The Morgan fingerprint density at radius 3 is 2.18 bits per heavy atom. The number of aromatic nitrogens is 2. The molecular weight excluding hydrogens is 355 g/mol. The third-order valence-corrected chi connectivity index (χ3v) is 5.73. The topological polar surface area (TPSA) is 38.7 Å². The first-order valence-electron chi connectivity index (χ1n) is 10.2. The van der Waals surface area contributed by atoms with Crippen LogP contribution in [0.4, 0.5) is 21.8 Å². The number of benzene rings is 1. The number of piperazine rings is 2. The first-order valence-corrected chi connectivity index (χ1v) is 10.2. The molecule has 1 aromatic carbocycles. The van der Waals surface area contributed by atoms with Crippen molar-refractivity contribution in [2.45, 2.75) is 13.8 Å². The fourth-order valence-electron chi connectivity index (χ4n) is 3.99. The summed E-state index contributed by atoms with van der Waals surface area (Å²) in [5.41, 5.74) is 1.69. The van der Waals surface area contributed by atoms with E-state index in [2.05, 4.69) is 37.6 Å². The van der Waals surface area contributed by atoms with Crippen molar-refractivity contribution < 1.29 is 4.39 Å². The summed E-state index contributed by atoms with van der Waals surface area (Å²) >= 11 is 0. The number of likely N-dealkylation sites (N-methyl/N-ethyl adjacent to an activating group) is 1. The molecule has 4 rings (SSSR count). The molecule has 0 atom stereocenters. The molecule has 6 nitrogen and oxygen atoms in total. The Balaban J connectivity index is 1.44. The molecule has 0 bridgehead atoms. The van der Waals surface area contributed by atoms with Crippen LogP contribution < -0.4 is 14.7 Å². The number of rotatable bonds is 4. The maximum atomic E-state index is 14.1. The van der Waals surface area contributed by atoms with Gasteiger partial charge in [0, 0.05) is 64.1 Å². The van der Waals surface area contributed by atoms with E-state index in [-0.39, 0.29) is 5.82 Å². The van der Waals surface area contributed by atoms with Crippen molar-refractivity contribution in [3.63, 3.8) is 0 Å². The van der Waals surface area contributed by atoms with Crippen molar-refractivity contribution in [1.82, 2.24) is 14.9 Å². The van der Waals surface area contributed by atoms with Crippen molar-refractivity contribution in [2.75, 3.05) is 73.6 Å². The fraction of sp³-hybridized carbons (Fsp3) is 0.524. The van der Waals surface area contributed by atoms with Crippen LogP contribution in [0.25, 0.3) is 0 Å². The molecule has 7 heteroatoms. The average molecular weight is 385 g/mol. The predicted octanol–water partition coefficient (Wildman–Crippen LogP) is 2.39. The van der Waals surface area contributed by atoms with E-state index in [9.17, 15) is 4.39 Å². The lowest BCUT2D eigenvalue weighted by Crippen LogP contribution is -2.48. The molecule has 0 unspecified atom stereocenters. The number of hydrogen-bond acceptors (Lipinski definition) is 6. The van der Waals surface area contributed by atoms with Gasteiger partial charge in [0.2, 0.25) is 5.95 Å². The summed E-state index contributed by atoms with van der Waals surface area (Å²) in [5, 5.41) is 0. The molecular formula is C21H29FN6. The predicted molar refractivity (Wildman–Crippen MR) is 112 cm³/mol. The Kier molecular flexibility index (Phi) is 5.62. The van der Waals surface area contributed by atoms with Crippen LogP contribution in [0.15, 0.2) is 30.3 Å². The molecule has 3 heterocycles. The monoisotopic (exact) mass is 384 g/mol. The molecule has 0 aliphatic carbocycles. The molecule has 0 radical (unpaired) electrons. The summed E-state index contributed by atoms with van der Waals surface area (Å²) in [5.74, 6) is 1.67. The normalized spacial score (nSPS) is 18.6. The molecule has 0 saturated carbocycles. The molecule has 150 valence electrons. The Morgan fingerprint density at radius 1 is 0.857 bits per heavy atom. The van der Waals surface area contributed by atoms with Gasteiger partial charge in [-0.25, -0.2) is 9.37 Å². The average Bonchev–Trinajstić information content (AvgIpc) is 2.74. The number of para-hydroxylation sites is 1. The number of aryl methyl sites for hydroxylation is 1. The highest BCUT2D eigenvalue weighted by atomic mass is 19.1. The highest BCUT2D eigenvalue weighted by Gasteiger charge is 2.23. The van der Waals surface area contributed by atoms with Crippen LogP contribution in [0.2, 0.25) is 0 Å². The second-order valence-electron chi connectivity index (χ2n) is 7.51. The van der Waals surface area contributed by atoms with Gasteiger partial charge < -0.3 is 19.6 Å². The molecule has 0 N–H and O–H groups in total. The highest BCUT2D eigenvalue weighted by Crippen LogP contribution is 2.23. The van der Waals surface area contributed by atoms with Crippen LogP contribution >= 0.6 is 0 Å². The van der Waals surface area contributed by atoms with E-state index in [1.54, 1.807) is 6.07 Å². The van der Waals surface area contributed by atoms with Gasteiger partial charge in [0.05, 0.1) is 5.69 Å². The lowest BCUT2D eigenvalue weighted by molar-refractivity contribution is 0.270. The summed E-state index contributed by atoms with van der Waals surface area (Å²) in [4.78, 5) is 18.7. The lowest BCUT2D eigenvalue weighted by atomic mass is 10.2. The minimum absolute atomic E-state index is 0.151. The number of hydrogen-bond donors (Lipinski definition) is 0. The van der Waals surface area contributed by atoms with Crippen molar-refractivity contribution >= 4 is 17.5 Å². The van der Waals surface area contributed by atoms with Gasteiger partial charge in [-0.1, -0.05) is 19.1 Å². The SMILES string of the molecule is CCN1CCN(c2nc(C)cc(N3CCN(c4ccccc4F)CC3)n2)CC1. The molecule has 0 spiro atoms. The Labute approximate surface area is 166 Å². The fourth-order valence-corrected chi connectivity index (χ4v) is 3.99. The highest BCUT2D eigenvalue weighted by molar-refractivity contribution is 5.52. The zero-order valence-electron chi connectivity index (χ0n) is 16.8. The minimum atomic E-state index is -0.151. The van der Waals surface area contributed by atoms with E-state index >= 15 is 0 Å². The number of anilines is 3. The van der Waals surface area contributed by atoms with Crippen LogP contribution in [-0.4, -0.2) is 73.8 Å². The Morgan fingerprint density at radius 2 is 1.50 bits per heavy atom. The van der Waals surface area contributed by atoms with Crippen LogP contribution in [0.1, 0.15) is 12.6 Å². The third-order valence-electron chi connectivity index (χ3n) is 5.73. The van der Waals surface area contributed by atoms with Crippen molar-refractivity contribution in [1.29, 1.82) is 0 Å². The van der Waals surface area contributed by atoms with Gasteiger partial charge in [-0.2, -0.15) is 4.98 Å². The molecule has 2 saturated heterocycles. The minimum Gasteiger partial charge on any atom is -0.366 e. The van der Waals surface area contributed by atoms with Gasteiger partial charge in [-0.05, 0) is 25.6 Å². The smallest absolute Gasteiger partial charge is 0.227 e. The van der Waals surface area contributed by atoms with Crippen LogP contribution in [-0.2, 0) is 0 Å². The van der Waals surface area contributed by atoms with Gasteiger partial charge >= 0.3 is 0 Å². The van der Waals surface area contributed by atoms with Crippen molar-refractivity contribution in [3.8, 4) is 0 Å². The zero-order valence-corrected chi connectivity index (χ0v) is 16.8. The zero-order chi connectivity index (χ0) is 19.5. The lowest BCUT2D eigenvalue weighted by Gasteiger charge is -2.38. The van der Waals surface area contributed by atoms with Gasteiger partial charge in [0.25, 0.3) is 0 Å². The first kappa shape index (κ1) is 18.9. The second-order valence-corrected chi connectivity index (χ2v) is 7.51. The van der Waals surface area contributed by atoms with Gasteiger partial charge in [0.1, 0.15) is 11.6 Å². The third kappa shape index (κ3) is 4.04. The maximum absolute atomic E-state index is 14.1. The summed E-state index contributed by atoms with van der Waals surface area (Å²) in [6.07, 6.45) is 0. The summed E-state index contributed by atoms with van der Waals surface area (Å²) in [6.45, 7) is 12.6. The van der Waals surface area contributed by atoms with Gasteiger partial charge in [-0.3, -0.25) is 0 Å². The number of nitrogens with zero attached hydrogens (tertiary/aromatic N) is 6. The van der Waals surface area contributed by atoms with Crippen LogP contribution in [0, 0.1) is 12.7 Å². The van der Waals surface area contributed by atoms with E-state index in [0.29, 0.717) is 5.69 Å². The van der Waals surface area contributed by atoms with Crippen molar-refractivity contribution in [3.05, 3.63) is 41.8 Å². The molecule has 2 aliphatic rings. The van der Waals surface area contributed by atoms with E-state index in [0.717, 1.165) is 76.4 Å². The Bertz CT molecular complexity index is 797. The van der Waals surface area contributed by atoms with Crippen LogP contribution in [0.5, 0.6) is 0 Å². The van der Waals surface area contributed by atoms with E-state index in [1.807, 2.05) is 19.1 Å². The standard InChI is InChI=1S/C21H29FN6/c1-3-25-8-10-28(11-9-25)21-23-17(2)16-20(24-21)27-14-12-26(13-15-27)19-7-5-4-6-18(19)22/h4-7,16H,3,8-15H2,1-2H3. The summed E-state index contributed by atoms with van der Waals surface area (Å²) in [6, 6.07) is 9.07. The van der Waals surface area contributed by atoms with E-state index in [1.165, 1.54) is 6.07 Å².